The number of amides is 1. The first-order valence-corrected chi connectivity index (χ1v) is 5.86. The number of pyridine rings is 1. The van der Waals surface area contributed by atoms with Gasteiger partial charge >= 0.3 is 6.09 Å². The van der Waals surface area contributed by atoms with E-state index < -0.39 is 6.09 Å². The Balaban J connectivity index is 1.97. The van der Waals surface area contributed by atoms with E-state index in [1.165, 1.54) is 7.11 Å². The number of hydrogen-bond donors (Lipinski definition) is 2. The molecule has 0 spiro atoms. The fourth-order valence-corrected chi connectivity index (χ4v) is 1.58. The van der Waals surface area contributed by atoms with Crippen molar-refractivity contribution in [2.75, 3.05) is 17.7 Å². The van der Waals surface area contributed by atoms with E-state index in [1.54, 1.807) is 18.5 Å². The summed E-state index contributed by atoms with van der Waals surface area (Å²) >= 11 is 0. The zero-order valence-electron chi connectivity index (χ0n) is 10.6. The molecule has 19 heavy (non-hydrogen) atoms. The average molecular weight is 257 g/mol. The fourth-order valence-electron chi connectivity index (χ4n) is 1.58. The van der Waals surface area contributed by atoms with Crippen molar-refractivity contribution in [1.82, 2.24) is 4.98 Å². The van der Waals surface area contributed by atoms with Crippen molar-refractivity contribution in [2.45, 2.75) is 6.54 Å². The Labute approximate surface area is 111 Å². The molecule has 5 heteroatoms. The number of ether oxygens (including phenoxy) is 1. The third-order valence-corrected chi connectivity index (χ3v) is 2.54. The van der Waals surface area contributed by atoms with Crippen LogP contribution in [0.15, 0.2) is 48.8 Å². The number of aromatic nitrogens is 1. The maximum atomic E-state index is 11.1. The Kier molecular flexibility index (Phi) is 4.34. The minimum atomic E-state index is -0.480. The van der Waals surface area contributed by atoms with Crippen LogP contribution < -0.4 is 10.6 Å². The smallest absolute Gasteiger partial charge is 0.411 e. The topological polar surface area (TPSA) is 63.2 Å². The SMILES string of the molecule is COC(=O)Nc1cccc(NCc2ccncc2)c1. The van der Waals surface area contributed by atoms with Gasteiger partial charge in [-0.25, -0.2) is 4.79 Å². The van der Waals surface area contributed by atoms with Crippen molar-refractivity contribution >= 4 is 17.5 Å². The summed E-state index contributed by atoms with van der Waals surface area (Å²) in [4.78, 5) is 15.1. The highest BCUT2D eigenvalue weighted by Crippen LogP contribution is 2.16. The molecule has 0 aliphatic carbocycles. The third-order valence-electron chi connectivity index (χ3n) is 2.54. The lowest BCUT2D eigenvalue weighted by atomic mass is 10.2. The summed E-state index contributed by atoms with van der Waals surface area (Å²) in [5.41, 5.74) is 2.75. The van der Waals surface area contributed by atoms with E-state index in [-0.39, 0.29) is 0 Å². The lowest BCUT2D eigenvalue weighted by molar-refractivity contribution is 0.187. The van der Waals surface area contributed by atoms with Crippen LogP contribution in [0.5, 0.6) is 0 Å². The number of nitrogens with zero attached hydrogens (tertiary/aromatic N) is 1. The maximum absolute atomic E-state index is 11.1. The lowest BCUT2D eigenvalue weighted by Crippen LogP contribution is -2.11. The summed E-state index contributed by atoms with van der Waals surface area (Å²) in [6.07, 6.45) is 3.03. The van der Waals surface area contributed by atoms with E-state index in [2.05, 4.69) is 20.4 Å². The van der Waals surface area contributed by atoms with Gasteiger partial charge in [-0.2, -0.15) is 0 Å². The second-order valence-electron chi connectivity index (χ2n) is 3.91. The van der Waals surface area contributed by atoms with E-state index in [9.17, 15) is 4.79 Å². The number of benzene rings is 1. The largest absolute Gasteiger partial charge is 0.453 e. The molecular formula is C14H15N3O2. The normalized spacial score (nSPS) is 9.74. The first-order chi connectivity index (χ1) is 9.28. The molecule has 0 unspecified atom stereocenters. The van der Waals surface area contributed by atoms with Crippen LogP contribution in [-0.4, -0.2) is 18.2 Å². The quantitative estimate of drug-likeness (QED) is 0.884. The molecule has 2 aromatic rings. The van der Waals surface area contributed by atoms with Gasteiger partial charge < -0.3 is 10.1 Å². The zero-order valence-corrected chi connectivity index (χ0v) is 10.6. The van der Waals surface area contributed by atoms with Crippen LogP contribution >= 0.6 is 0 Å². The molecule has 0 aliphatic heterocycles. The van der Waals surface area contributed by atoms with Gasteiger partial charge in [-0.3, -0.25) is 10.3 Å². The highest BCUT2D eigenvalue weighted by atomic mass is 16.5. The molecule has 1 heterocycles. The van der Waals surface area contributed by atoms with Gasteiger partial charge in [-0.1, -0.05) is 6.07 Å². The summed E-state index contributed by atoms with van der Waals surface area (Å²) in [7, 11) is 1.33. The van der Waals surface area contributed by atoms with Crippen molar-refractivity contribution < 1.29 is 9.53 Å². The molecule has 0 saturated carbocycles. The van der Waals surface area contributed by atoms with Gasteiger partial charge in [0.05, 0.1) is 7.11 Å². The number of carbonyl (C=O) groups is 1. The van der Waals surface area contributed by atoms with Crippen molar-refractivity contribution in [3.8, 4) is 0 Å². The van der Waals surface area contributed by atoms with Crippen LogP contribution in [0.3, 0.4) is 0 Å². The predicted octanol–water partition coefficient (Wildman–Crippen LogP) is 2.87. The van der Waals surface area contributed by atoms with Gasteiger partial charge in [-0.15, -0.1) is 0 Å². The zero-order chi connectivity index (χ0) is 13.5. The first kappa shape index (κ1) is 12.9. The molecule has 98 valence electrons. The monoisotopic (exact) mass is 257 g/mol. The number of anilines is 2. The summed E-state index contributed by atoms with van der Waals surface area (Å²) in [5, 5.41) is 5.89. The van der Waals surface area contributed by atoms with Gasteiger partial charge in [-0.05, 0) is 35.9 Å². The van der Waals surface area contributed by atoms with Gasteiger partial charge in [0.15, 0.2) is 0 Å². The van der Waals surface area contributed by atoms with Crippen LogP contribution in [0.4, 0.5) is 16.2 Å². The Bertz CT molecular complexity index is 543. The Morgan fingerprint density at radius 1 is 1.21 bits per heavy atom. The van der Waals surface area contributed by atoms with E-state index in [4.69, 9.17) is 0 Å². The Morgan fingerprint density at radius 3 is 2.68 bits per heavy atom. The molecule has 0 fully saturated rings. The van der Waals surface area contributed by atoms with Gasteiger partial charge in [0.1, 0.15) is 0 Å². The molecular weight excluding hydrogens is 242 g/mol. The molecule has 0 radical (unpaired) electrons. The summed E-state index contributed by atoms with van der Waals surface area (Å²) in [5.74, 6) is 0. The van der Waals surface area contributed by atoms with E-state index in [0.29, 0.717) is 12.2 Å². The minimum Gasteiger partial charge on any atom is -0.453 e. The highest BCUT2D eigenvalue weighted by Gasteiger charge is 2.01. The molecule has 2 rings (SSSR count). The molecule has 0 aliphatic rings. The standard InChI is InChI=1S/C14H15N3O2/c1-19-14(18)17-13-4-2-3-12(9-13)16-10-11-5-7-15-8-6-11/h2-9,16H,10H2,1H3,(H,17,18). The van der Waals surface area contributed by atoms with Crippen LogP contribution in [0.1, 0.15) is 5.56 Å². The lowest BCUT2D eigenvalue weighted by Gasteiger charge is -2.09. The van der Waals surface area contributed by atoms with Crippen LogP contribution in [-0.2, 0) is 11.3 Å². The predicted molar refractivity (Wildman–Crippen MR) is 74.0 cm³/mol. The maximum Gasteiger partial charge on any atom is 0.411 e. The summed E-state index contributed by atoms with van der Waals surface area (Å²) in [6, 6.07) is 11.3. The molecule has 1 aromatic carbocycles. The van der Waals surface area contributed by atoms with Gasteiger partial charge in [0, 0.05) is 30.3 Å². The minimum absolute atomic E-state index is 0.480. The second-order valence-corrected chi connectivity index (χ2v) is 3.91. The summed E-state index contributed by atoms with van der Waals surface area (Å²) in [6.45, 7) is 0.699. The average Bonchev–Trinajstić information content (AvgIpc) is 2.46. The molecule has 0 saturated heterocycles. The number of methoxy groups -OCH3 is 1. The van der Waals surface area contributed by atoms with Crippen molar-refractivity contribution in [3.63, 3.8) is 0 Å². The summed E-state index contributed by atoms with van der Waals surface area (Å²) < 4.78 is 4.55. The second kappa shape index (κ2) is 6.39. The molecule has 0 bridgehead atoms. The molecule has 5 nitrogen and oxygen atoms in total. The van der Waals surface area contributed by atoms with Crippen molar-refractivity contribution in [3.05, 3.63) is 54.4 Å². The van der Waals surface area contributed by atoms with Crippen molar-refractivity contribution in [2.24, 2.45) is 0 Å². The van der Waals surface area contributed by atoms with E-state index in [0.717, 1.165) is 11.3 Å². The van der Waals surface area contributed by atoms with Crippen LogP contribution in [0.25, 0.3) is 0 Å². The Morgan fingerprint density at radius 2 is 1.95 bits per heavy atom. The van der Waals surface area contributed by atoms with E-state index in [1.807, 2.05) is 30.3 Å². The molecule has 1 aromatic heterocycles. The number of carbonyl (C=O) groups excluding carboxylic acids is 1. The van der Waals surface area contributed by atoms with Crippen molar-refractivity contribution in [1.29, 1.82) is 0 Å². The molecule has 0 atom stereocenters. The Hall–Kier alpha value is -2.56. The van der Waals surface area contributed by atoms with Gasteiger partial charge in [0.2, 0.25) is 0 Å². The number of nitrogens with one attached hydrogen (secondary N) is 2. The van der Waals surface area contributed by atoms with Crippen LogP contribution in [0, 0.1) is 0 Å². The van der Waals surface area contributed by atoms with E-state index >= 15 is 0 Å². The fraction of sp³-hybridized carbons (Fsp3) is 0.143. The van der Waals surface area contributed by atoms with Crippen LogP contribution in [0.2, 0.25) is 0 Å². The highest BCUT2D eigenvalue weighted by molar-refractivity contribution is 5.85. The first-order valence-electron chi connectivity index (χ1n) is 5.86. The molecule has 1 amide bonds. The molecule has 2 N–H and O–H groups in total. The van der Waals surface area contributed by atoms with Gasteiger partial charge in [0.25, 0.3) is 0 Å². The third kappa shape index (κ3) is 3.99. The number of rotatable bonds is 4. The number of hydrogen-bond acceptors (Lipinski definition) is 4.